The van der Waals surface area contributed by atoms with Crippen LogP contribution in [-0.4, -0.2) is 77.9 Å². The second-order valence-corrected chi connectivity index (χ2v) is 9.62. The number of nitrogens with zero attached hydrogens (tertiary/aromatic N) is 1. The minimum absolute atomic E-state index is 0.103. The molecule has 0 radical (unpaired) electrons. The van der Waals surface area contributed by atoms with Crippen LogP contribution in [0.3, 0.4) is 0 Å². The Morgan fingerprint density at radius 2 is 1.80 bits per heavy atom. The van der Waals surface area contributed by atoms with Gasteiger partial charge in [0.1, 0.15) is 6.29 Å². The molecule has 0 saturated carbocycles. The lowest BCUT2D eigenvalue weighted by Crippen LogP contribution is -2.37. The van der Waals surface area contributed by atoms with Gasteiger partial charge in [0.2, 0.25) is 17.7 Å². The van der Waals surface area contributed by atoms with E-state index in [1.165, 1.54) is 16.7 Å². The van der Waals surface area contributed by atoms with Gasteiger partial charge in [0.05, 0.1) is 29.7 Å². The first-order valence-electron chi connectivity index (χ1n) is 10.4. The number of hydrogen-bond donors (Lipinski definition) is 1. The van der Waals surface area contributed by atoms with E-state index in [1.54, 1.807) is 6.26 Å². The summed E-state index contributed by atoms with van der Waals surface area (Å²) < 4.78 is 11.6. The number of hydrogen-bond acceptors (Lipinski definition) is 7. The fourth-order valence-corrected chi connectivity index (χ4v) is 3.62. The van der Waals surface area contributed by atoms with Gasteiger partial charge in [-0.05, 0) is 46.8 Å². The van der Waals surface area contributed by atoms with Gasteiger partial charge in [0, 0.05) is 32.4 Å². The number of carbonyl (C=O) groups is 4. The smallest absolute Gasteiger partial charge is 0.242 e. The van der Waals surface area contributed by atoms with Gasteiger partial charge >= 0.3 is 0 Å². The van der Waals surface area contributed by atoms with E-state index in [0.29, 0.717) is 39.0 Å². The third-order valence-electron chi connectivity index (χ3n) is 5.02. The van der Waals surface area contributed by atoms with Crippen LogP contribution in [0.25, 0.3) is 0 Å². The van der Waals surface area contributed by atoms with Gasteiger partial charge in [-0.3, -0.25) is 19.3 Å². The maximum Gasteiger partial charge on any atom is 0.242 e. The number of imide groups is 1. The van der Waals surface area contributed by atoms with Gasteiger partial charge in [0.15, 0.2) is 0 Å². The van der Waals surface area contributed by atoms with E-state index >= 15 is 0 Å². The Balaban J connectivity index is 2.25. The van der Waals surface area contributed by atoms with Crippen LogP contribution in [0.15, 0.2) is 0 Å². The highest BCUT2D eigenvalue weighted by atomic mass is 32.2. The van der Waals surface area contributed by atoms with E-state index in [2.05, 4.69) is 5.32 Å². The van der Waals surface area contributed by atoms with Crippen LogP contribution in [0.5, 0.6) is 0 Å². The Labute approximate surface area is 183 Å². The molecule has 0 aromatic carbocycles. The number of aldehydes is 1. The van der Waals surface area contributed by atoms with Crippen molar-refractivity contribution in [2.24, 2.45) is 0 Å². The predicted octanol–water partition coefficient (Wildman–Crippen LogP) is 1.94. The zero-order valence-electron chi connectivity index (χ0n) is 18.8. The molecule has 0 spiro atoms. The molecule has 0 aromatic rings. The fourth-order valence-electron chi connectivity index (χ4n) is 2.98. The summed E-state index contributed by atoms with van der Waals surface area (Å²) >= 11 is 1.36. The van der Waals surface area contributed by atoms with Crippen LogP contribution in [0, 0.1) is 0 Å². The Hall–Kier alpha value is -1.45. The normalized spacial score (nSPS) is 17.5. The van der Waals surface area contributed by atoms with Crippen LogP contribution < -0.4 is 5.32 Å². The molecule has 1 aliphatic rings. The summed E-state index contributed by atoms with van der Waals surface area (Å²) in [5.74, 6) is -0.601. The molecule has 1 rings (SSSR count). The van der Waals surface area contributed by atoms with Crippen LogP contribution in [0.2, 0.25) is 0 Å². The molecule has 1 fully saturated rings. The topological polar surface area (TPSA) is 102 Å². The second-order valence-electron chi connectivity index (χ2n) is 8.58. The molecule has 0 bridgehead atoms. The summed E-state index contributed by atoms with van der Waals surface area (Å²) in [6.07, 6.45) is 4.66. The molecule has 9 heteroatoms. The highest BCUT2D eigenvalue weighted by Crippen LogP contribution is 2.23. The largest absolute Gasteiger partial charge is 0.375 e. The summed E-state index contributed by atoms with van der Waals surface area (Å²) in [6.45, 7) is 9.33. The summed E-state index contributed by atoms with van der Waals surface area (Å²) in [5, 5.41) is 2.51. The summed E-state index contributed by atoms with van der Waals surface area (Å²) in [5.41, 5.74) is -0.786. The van der Waals surface area contributed by atoms with Gasteiger partial charge in [-0.2, -0.15) is 11.8 Å². The van der Waals surface area contributed by atoms with Crippen molar-refractivity contribution >= 4 is 35.8 Å². The fraction of sp³-hybridized carbons (Fsp3) is 0.810. The van der Waals surface area contributed by atoms with Crippen molar-refractivity contribution in [2.45, 2.75) is 76.3 Å². The summed E-state index contributed by atoms with van der Waals surface area (Å²) in [4.78, 5) is 47.6. The van der Waals surface area contributed by atoms with Crippen molar-refractivity contribution in [1.29, 1.82) is 0 Å². The predicted molar refractivity (Wildman–Crippen MR) is 116 cm³/mol. The molecule has 1 saturated heterocycles. The maximum atomic E-state index is 12.1. The Morgan fingerprint density at radius 1 is 1.17 bits per heavy atom. The standard InChI is InChI=1S/C21H36N2O6S/c1-20(2,29-14-9-21(3,4)28-13-6-12-24)8-10-22-17(25)7-11-23-18(26)15-16(30-5)19(23)27/h12,16H,6-11,13-15H2,1-5H3,(H,22,25). The summed E-state index contributed by atoms with van der Waals surface area (Å²) in [7, 11) is 0. The molecule has 8 nitrogen and oxygen atoms in total. The lowest BCUT2D eigenvalue weighted by Gasteiger charge is -2.29. The number of nitrogens with one attached hydrogen (secondary N) is 1. The number of thioether (sulfide) groups is 1. The number of ether oxygens (including phenoxy) is 2. The van der Waals surface area contributed by atoms with Crippen molar-refractivity contribution < 1.29 is 28.7 Å². The van der Waals surface area contributed by atoms with E-state index in [-0.39, 0.29) is 48.0 Å². The van der Waals surface area contributed by atoms with Gasteiger partial charge in [-0.25, -0.2) is 0 Å². The van der Waals surface area contributed by atoms with E-state index in [9.17, 15) is 19.2 Å². The molecule has 0 aliphatic carbocycles. The van der Waals surface area contributed by atoms with Gasteiger partial charge < -0.3 is 19.6 Å². The molecule has 1 heterocycles. The van der Waals surface area contributed by atoms with Gasteiger partial charge in [-0.1, -0.05) is 0 Å². The van der Waals surface area contributed by atoms with Crippen LogP contribution in [0.4, 0.5) is 0 Å². The van der Waals surface area contributed by atoms with E-state index in [0.717, 1.165) is 6.29 Å². The van der Waals surface area contributed by atoms with E-state index < -0.39 is 5.60 Å². The number of amides is 3. The van der Waals surface area contributed by atoms with Crippen LogP contribution in [-0.2, 0) is 28.7 Å². The monoisotopic (exact) mass is 444 g/mol. The number of carbonyl (C=O) groups excluding carboxylic acids is 4. The minimum atomic E-state index is -0.418. The molecule has 3 amide bonds. The van der Waals surface area contributed by atoms with Crippen molar-refractivity contribution in [3.05, 3.63) is 0 Å². The molecular formula is C21H36N2O6S. The lowest BCUT2D eigenvalue weighted by molar-refractivity contribution is -0.138. The van der Waals surface area contributed by atoms with Gasteiger partial charge in [0.25, 0.3) is 0 Å². The average molecular weight is 445 g/mol. The van der Waals surface area contributed by atoms with Gasteiger partial charge in [-0.15, -0.1) is 0 Å². The number of likely N-dealkylation sites (tertiary alicyclic amines) is 1. The molecule has 1 N–H and O–H groups in total. The highest BCUT2D eigenvalue weighted by molar-refractivity contribution is 8.00. The van der Waals surface area contributed by atoms with Crippen LogP contribution in [0.1, 0.15) is 59.8 Å². The first kappa shape index (κ1) is 26.6. The molecule has 1 atom stereocenters. The van der Waals surface area contributed by atoms with E-state index in [4.69, 9.17) is 9.47 Å². The molecular weight excluding hydrogens is 408 g/mol. The third-order valence-corrected chi connectivity index (χ3v) is 5.96. The maximum absolute atomic E-state index is 12.1. The zero-order chi connectivity index (χ0) is 22.8. The van der Waals surface area contributed by atoms with Crippen molar-refractivity contribution in [2.75, 3.05) is 32.6 Å². The first-order chi connectivity index (χ1) is 14.0. The quantitative estimate of drug-likeness (QED) is 0.234. The molecule has 1 aliphatic heterocycles. The van der Waals surface area contributed by atoms with E-state index in [1.807, 2.05) is 27.7 Å². The SMILES string of the molecule is CSC1CC(=O)N(CCC(=O)NCCC(C)(C)OCCC(C)(C)OCCC=O)C1=O. The van der Waals surface area contributed by atoms with Crippen molar-refractivity contribution in [1.82, 2.24) is 10.2 Å². The lowest BCUT2D eigenvalue weighted by atomic mass is 10.0. The Bertz CT molecular complexity index is 608. The highest BCUT2D eigenvalue weighted by Gasteiger charge is 2.37. The Morgan fingerprint density at radius 3 is 2.40 bits per heavy atom. The summed E-state index contributed by atoms with van der Waals surface area (Å²) in [6, 6.07) is 0. The molecule has 1 unspecified atom stereocenters. The van der Waals surface area contributed by atoms with Crippen LogP contribution >= 0.6 is 11.8 Å². The molecule has 30 heavy (non-hydrogen) atoms. The second kappa shape index (κ2) is 12.4. The first-order valence-corrected chi connectivity index (χ1v) is 11.7. The van der Waals surface area contributed by atoms with Crippen molar-refractivity contribution in [3.63, 3.8) is 0 Å². The average Bonchev–Trinajstić information content (AvgIpc) is 2.92. The zero-order valence-corrected chi connectivity index (χ0v) is 19.6. The minimum Gasteiger partial charge on any atom is -0.375 e. The molecule has 0 aromatic heterocycles. The third kappa shape index (κ3) is 9.57. The Kier molecular flexibility index (Phi) is 11.0. The number of rotatable bonds is 15. The van der Waals surface area contributed by atoms with Crippen molar-refractivity contribution in [3.8, 4) is 0 Å². The molecule has 172 valence electrons.